The highest BCUT2D eigenvalue weighted by molar-refractivity contribution is 6.19. The molecule has 13 aromatic rings. The quantitative estimate of drug-likeness (QED) is 0.166. The van der Waals surface area contributed by atoms with Gasteiger partial charge in [-0.1, -0.05) is 130 Å². The minimum Gasteiger partial charge on any atom is -0.456 e. The Kier molecular flexibility index (Phi) is 9.80. The molecule has 0 spiro atoms. The maximum Gasteiger partial charge on any atom is 0.137 e. The average Bonchev–Trinajstić information content (AvgIpc) is 2.44. The van der Waals surface area contributed by atoms with Gasteiger partial charge < -0.3 is 23.1 Å². The molecular weight excluding hydrogens is 1030 g/mol. The maximum absolute atomic E-state index is 15.6. The zero-order chi connectivity index (χ0) is 55.9. The first-order chi connectivity index (χ1) is 40.2. The fraction of sp³-hybridized carbons (Fsp3) is 0.132. The summed E-state index contributed by atoms with van der Waals surface area (Å²) in [6.07, 6.45) is 13.5. The molecule has 10 aromatic carbocycles. The van der Waals surface area contributed by atoms with Gasteiger partial charge in [-0.3, -0.25) is 0 Å². The van der Waals surface area contributed by atoms with E-state index in [4.69, 9.17) is 13.3 Å². The third kappa shape index (κ3) is 6.85. The van der Waals surface area contributed by atoms with Gasteiger partial charge in [0.1, 0.15) is 45.1 Å². The number of benzene rings is 10. The molecule has 0 radical (unpaired) electrons. The number of anilines is 6. The number of fused-ring (bicyclic) bond motifs is 19. The van der Waals surface area contributed by atoms with Gasteiger partial charge in [-0.25, -0.2) is 8.78 Å². The molecule has 3 aromatic heterocycles. The van der Waals surface area contributed by atoms with Crippen molar-refractivity contribution in [1.29, 1.82) is 0 Å². The molecule has 5 nitrogen and oxygen atoms in total. The van der Waals surface area contributed by atoms with E-state index in [-0.39, 0.29) is 28.4 Å². The van der Waals surface area contributed by atoms with E-state index < -0.39 is 0 Å². The lowest BCUT2D eigenvalue weighted by atomic mass is 9.71. The summed E-state index contributed by atoms with van der Waals surface area (Å²) in [6, 6.07) is 58.3. The van der Waals surface area contributed by atoms with E-state index in [0.29, 0.717) is 33.9 Å². The van der Waals surface area contributed by atoms with Crippen molar-refractivity contribution in [2.45, 2.75) is 58.3 Å². The predicted molar refractivity (Wildman–Crippen MR) is 336 cm³/mol. The Morgan fingerprint density at radius 1 is 0.422 bits per heavy atom. The van der Waals surface area contributed by atoms with Crippen molar-refractivity contribution in [3.63, 3.8) is 0 Å². The van der Waals surface area contributed by atoms with Crippen LogP contribution in [0.25, 0.3) is 87.7 Å². The highest BCUT2D eigenvalue weighted by atomic mass is 19.1. The van der Waals surface area contributed by atoms with Crippen LogP contribution in [0.3, 0.4) is 0 Å². The van der Waals surface area contributed by atoms with Crippen molar-refractivity contribution in [2.75, 3.05) is 9.80 Å². The molecule has 17 rings (SSSR count). The van der Waals surface area contributed by atoms with Gasteiger partial charge in [-0.05, 0) is 172 Å². The predicted octanol–water partition coefficient (Wildman–Crippen LogP) is 21.7. The normalized spacial score (nSPS) is 17.2. The SMILES string of the molecule is Cc1ccc(N(c2ccc3c(c2)C(C)(C)C2=CC=C4C=CC=CC4C23)c2ccc3c(c2)oc2cc4c(cc23)oc2cc3c(cc24)oc2cc(N(c4ccc(C)c(F)c4)c4ccc5c(c4)C(C)(C)c4ccc6ccccc6c4-5)ccc23)cc1F. The Hall–Kier alpha value is -9.72. The second-order valence-electron chi connectivity index (χ2n) is 24.4. The van der Waals surface area contributed by atoms with Crippen molar-refractivity contribution >= 4 is 111 Å². The van der Waals surface area contributed by atoms with Crippen molar-refractivity contribution in [3.05, 3.63) is 262 Å². The monoisotopic (exact) mass is 1080 g/mol. The molecule has 0 aliphatic heterocycles. The summed E-state index contributed by atoms with van der Waals surface area (Å²) < 4.78 is 51.6. The number of hydrogen-bond donors (Lipinski definition) is 0. The molecule has 0 N–H and O–H groups in total. The van der Waals surface area contributed by atoms with E-state index in [2.05, 4.69) is 207 Å². The lowest BCUT2D eigenvalue weighted by Crippen LogP contribution is -2.22. The van der Waals surface area contributed by atoms with Crippen LogP contribution >= 0.6 is 0 Å². The molecule has 0 fully saturated rings. The number of aryl methyl sites for hydroxylation is 2. The molecule has 4 aliphatic carbocycles. The number of nitrogens with zero attached hydrogens (tertiary/aromatic N) is 2. The highest BCUT2D eigenvalue weighted by Crippen LogP contribution is 2.59. The Bertz CT molecular complexity index is 5190. The smallest absolute Gasteiger partial charge is 0.137 e. The van der Waals surface area contributed by atoms with Crippen LogP contribution in [0.4, 0.5) is 42.9 Å². The third-order valence-electron chi connectivity index (χ3n) is 19.1. The third-order valence-corrected chi connectivity index (χ3v) is 19.1. The first-order valence-corrected chi connectivity index (χ1v) is 28.7. The minimum absolute atomic E-state index is 0.208. The van der Waals surface area contributed by atoms with Crippen LogP contribution in [-0.4, -0.2) is 0 Å². The summed E-state index contributed by atoms with van der Waals surface area (Å²) in [6.45, 7) is 12.8. The summed E-state index contributed by atoms with van der Waals surface area (Å²) in [5, 5.41) is 8.04. The van der Waals surface area contributed by atoms with Gasteiger partial charge in [0, 0.05) is 101 Å². The number of furan rings is 3. The van der Waals surface area contributed by atoms with Gasteiger partial charge >= 0.3 is 0 Å². The molecule has 7 heteroatoms. The van der Waals surface area contributed by atoms with Gasteiger partial charge in [0.25, 0.3) is 0 Å². The Morgan fingerprint density at radius 2 is 0.928 bits per heavy atom. The molecule has 0 bridgehead atoms. The van der Waals surface area contributed by atoms with Crippen molar-refractivity contribution in [2.24, 2.45) is 5.92 Å². The van der Waals surface area contributed by atoms with Crippen molar-refractivity contribution in [1.82, 2.24) is 0 Å². The number of hydrogen-bond acceptors (Lipinski definition) is 5. The Labute approximate surface area is 478 Å². The molecule has 2 atom stereocenters. The van der Waals surface area contributed by atoms with E-state index in [1.165, 1.54) is 55.3 Å². The first kappa shape index (κ1) is 48.0. The second-order valence-corrected chi connectivity index (χ2v) is 24.4. The van der Waals surface area contributed by atoms with Gasteiger partial charge in [0.05, 0.1) is 0 Å². The lowest BCUT2D eigenvalue weighted by molar-refractivity contribution is 0.567. The summed E-state index contributed by atoms with van der Waals surface area (Å²) in [5.74, 6) is 0.0229. The topological polar surface area (TPSA) is 45.9 Å². The summed E-state index contributed by atoms with van der Waals surface area (Å²) in [4.78, 5) is 4.27. The molecule has 0 amide bonds. The molecule has 2 unspecified atom stereocenters. The van der Waals surface area contributed by atoms with E-state index in [1.54, 1.807) is 26.0 Å². The molecule has 83 heavy (non-hydrogen) atoms. The molecular formula is C76H54F2N2O3. The first-order valence-electron chi connectivity index (χ1n) is 28.7. The van der Waals surface area contributed by atoms with Crippen LogP contribution in [-0.2, 0) is 10.8 Å². The minimum atomic E-state index is -0.267. The average molecular weight is 1080 g/mol. The Morgan fingerprint density at radius 3 is 1.53 bits per heavy atom. The molecule has 400 valence electrons. The van der Waals surface area contributed by atoms with Crippen LogP contribution in [0, 0.1) is 31.4 Å². The van der Waals surface area contributed by atoms with Crippen LogP contribution < -0.4 is 9.80 Å². The fourth-order valence-corrected chi connectivity index (χ4v) is 14.7. The van der Waals surface area contributed by atoms with Gasteiger partial charge in [0.15, 0.2) is 0 Å². The van der Waals surface area contributed by atoms with Gasteiger partial charge in [0.2, 0.25) is 0 Å². The summed E-state index contributed by atoms with van der Waals surface area (Å²) >= 11 is 0. The highest BCUT2D eigenvalue weighted by Gasteiger charge is 2.46. The largest absolute Gasteiger partial charge is 0.456 e. The van der Waals surface area contributed by atoms with Gasteiger partial charge in [-0.2, -0.15) is 0 Å². The number of rotatable bonds is 6. The van der Waals surface area contributed by atoms with Gasteiger partial charge in [-0.15, -0.1) is 0 Å². The number of allylic oxidation sites excluding steroid dienone is 8. The van der Waals surface area contributed by atoms with Crippen molar-refractivity contribution in [3.8, 4) is 11.1 Å². The molecule has 3 heterocycles. The van der Waals surface area contributed by atoms with Crippen LogP contribution in [0.15, 0.2) is 231 Å². The zero-order valence-corrected chi connectivity index (χ0v) is 46.7. The fourth-order valence-electron chi connectivity index (χ4n) is 14.7. The molecule has 0 saturated carbocycles. The standard InChI is InChI=1S/C76H54F2N2O3/c1-41-15-19-47(33-65(41)77)79(45-23-27-55-63(31-45)75(3,4)61-29-17-43-11-7-9-13-51(43)73(55)61)49-21-25-53-57-37-71-59(39-69(57)81-67(53)35-49)60-40-70-58(38-72(60)83-71)54-26-22-50(36-68(54)82-70)80(48-20-16-42(2)66(78)34-48)46-24-28-56-64(32-46)76(5,6)62-30-18-44-12-8-10-14-52(44)74(56)62/h7-40,51,73H,1-6H3. The lowest BCUT2D eigenvalue weighted by Gasteiger charge is -2.32. The second kappa shape index (κ2) is 16.9. The Balaban J connectivity index is 0.749. The molecule has 4 aliphatic rings. The van der Waals surface area contributed by atoms with E-state index in [9.17, 15) is 0 Å². The van der Waals surface area contributed by atoms with Crippen LogP contribution in [0.5, 0.6) is 0 Å². The van der Waals surface area contributed by atoms with Crippen LogP contribution in [0.1, 0.15) is 67.0 Å². The number of halogens is 2. The molecule has 0 saturated heterocycles. The zero-order valence-electron chi connectivity index (χ0n) is 46.7. The van der Waals surface area contributed by atoms with Crippen molar-refractivity contribution < 1.29 is 22.0 Å². The van der Waals surface area contributed by atoms with E-state index in [0.717, 1.165) is 83.1 Å². The maximum atomic E-state index is 15.6. The summed E-state index contributed by atoms with van der Waals surface area (Å²) in [7, 11) is 0. The van der Waals surface area contributed by atoms with E-state index >= 15 is 8.78 Å². The van der Waals surface area contributed by atoms with Crippen LogP contribution in [0.2, 0.25) is 0 Å². The van der Waals surface area contributed by atoms with E-state index in [1.807, 2.05) is 24.3 Å². The summed E-state index contributed by atoms with van der Waals surface area (Å²) in [5.41, 5.74) is 20.4.